The molecule has 1 N–H and O–H groups in total. The van der Waals surface area contributed by atoms with E-state index < -0.39 is 12.1 Å². The van der Waals surface area contributed by atoms with Crippen LogP contribution in [0.2, 0.25) is 0 Å². The summed E-state index contributed by atoms with van der Waals surface area (Å²) in [4.78, 5) is 22.8. The highest BCUT2D eigenvalue weighted by Crippen LogP contribution is 2.29. The quantitative estimate of drug-likeness (QED) is 0.878. The monoisotopic (exact) mass is 288 g/mol. The molecule has 110 valence electrons. The summed E-state index contributed by atoms with van der Waals surface area (Å²) in [5.74, 6) is -0.654. The molecule has 0 unspecified atom stereocenters. The predicted octanol–water partition coefficient (Wildman–Crippen LogP) is 2.52. The van der Waals surface area contributed by atoms with E-state index in [0.717, 1.165) is 42.2 Å². The van der Waals surface area contributed by atoms with Gasteiger partial charge in [0.25, 0.3) is 0 Å². The molecule has 0 radical (unpaired) electrons. The zero-order valence-corrected chi connectivity index (χ0v) is 11.7. The molecule has 0 saturated carbocycles. The second-order valence-electron chi connectivity index (χ2n) is 5.31. The summed E-state index contributed by atoms with van der Waals surface area (Å²) in [6.07, 6.45) is 2.78. The first kappa shape index (κ1) is 13.7. The molecule has 5 heteroatoms. The maximum Gasteiger partial charge on any atom is 0.344 e. The third-order valence-electron chi connectivity index (χ3n) is 3.86. The first-order valence-electron chi connectivity index (χ1n) is 7.04. The first-order chi connectivity index (χ1) is 10.1. The van der Waals surface area contributed by atoms with Gasteiger partial charge in [-0.1, -0.05) is 0 Å². The van der Waals surface area contributed by atoms with Gasteiger partial charge < -0.3 is 14.3 Å². The van der Waals surface area contributed by atoms with Crippen molar-refractivity contribution in [3.8, 4) is 5.75 Å². The minimum atomic E-state index is -1.04. The van der Waals surface area contributed by atoms with E-state index in [4.69, 9.17) is 14.3 Å². The third kappa shape index (κ3) is 2.51. The standard InChI is InChI=1S/C16H16O5/c1-9(15(17)18)20-10-6-7-12-11-4-2-3-5-13(11)16(19)21-14(12)8-10/h6-9H,2-5H2,1H3,(H,17,18)/t9-/m1/s1. The molecule has 0 spiro atoms. The Hall–Kier alpha value is -2.30. The average Bonchev–Trinajstić information content (AvgIpc) is 2.47. The number of hydrogen-bond acceptors (Lipinski definition) is 4. The molecular formula is C16H16O5. The van der Waals surface area contributed by atoms with Crippen LogP contribution in [0.3, 0.4) is 0 Å². The van der Waals surface area contributed by atoms with Crippen LogP contribution in [0.25, 0.3) is 11.0 Å². The highest BCUT2D eigenvalue weighted by atomic mass is 16.5. The number of carboxylic acids is 1. The van der Waals surface area contributed by atoms with Crippen molar-refractivity contribution in [3.63, 3.8) is 0 Å². The number of ether oxygens (including phenoxy) is 1. The van der Waals surface area contributed by atoms with Gasteiger partial charge in [0, 0.05) is 17.0 Å². The summed E-state index contributed by atoms with van der Waals surface area (Å²) in [6.45, 7) is 1.45. The van der Waals surface area contributed by atoms with Crippen molar-refractivity contribution in [1.29, 1.82) is 0 Å². The molecule has 1 aliphatic rings. The molecule has 1 aromatic heterocycles. The highest BCUT2D eigenvalue weighted by Gasteiger charge is 2.19. The zero-order chi connectivity index (χ0) is 15.0. The number of aliphatic carboxylic acids is 1. The van der Waals surface area contributed by atoms with E-state index in [2.05, 4.69) is 0 Å². The minimum absolute atomic E-state index is 0.291. The molecule has 5 nitrogen and oxygen atoms in total. The van der Waals surface area contributed by atoms with Gasteiger partial charge in [-0.25, -0.2) is 9.59 Å². The summed E-state index contributed by atoms with van der Waals surface area (Å²) in [5.41, 5.74) is 2.00. The average molecular weight is 288 g/mol. The van der Waals surface area contributed by atoms with Crippen LogP contribution >= 0.6 is 0 Å². The molecule has 3 rings (SSSR count). The Labute approximate surface area is 121 Å². The Bertz CT molecular complexity index is 759. The third-order valence-corrected chi connectivity index (χ3v) is 3.86. The Morgan fingerprint density at radius 1 is 1.29 bits per heavy atom. The van der Waals surface area contributed by atoms with Crippen molar-refractivity contribution >= 4 is 16.9 Å². The van der Waals surface area contributed by atoms with Gasteiger partial charge in [0.05, 0.1) is 0 Å². The molecule has 2 aromatic rings. The maximum absolute atomic E-state index is 12.0. The maximum atomic E-state index is 12.0. The van der Waals surface area contributed by atoms with Crippen molar-refractivity contribution in [2.45, 2.75) is 38.7 Å². The SMILES string of the molecule is C[C@@H](Oc1ccc2c3c(c(=O)oc2c1)CCCC3)C(=O)O. The lowest BCUT2D eigenvalue weighted by atomic mass is 9.91. The van der Waals surface area contributed by atoms with Gasteiger partial charge in [0.15, 0.2) is 6.10 Å². The smallest absolute Gasteiger partial charge is 0.344 e. The molecule has 0 amide bonds. The number of rotatable bonds is 3. The fraction of sp³-hybridized carbons (Fsp3) is 0.375. The van der Waals surface area contributed by atoms with Gasteiger partial charge in [0.1, 0.15) is 11.3 Å². The van der Waals surface area contributed by atoms with Crippen LogP contribution in [0.1, 0.15) is 30.9 Å². The summed E-state index contributed by atoms with van der Waals surface area (Å²) >= 11 is 0. The lowest BCUT2D eigenvalue weighted by Gasteiger charge is -2.16. The molecule has 1 aromatic carbocycles. The fourth-order valence-electron chi connectivity index (χ4n) is 2.75. The van der Waals surface area contributed by atoms with Crippen molar-refractivity contribution in [1.82, 2.24) is 0 Å². The van der Waals surface area contributed by atoms with Crippen LogP contribution < -0.4 is 10.4 Å². The number of hydrogen-bond donors (Lipinski definition) is 1. The largest absolute Gasteiger partial charge is 0.479 e. The molecule has 21 heavy (non-hydrogen) atoms. The van der Waals surface area contributed by atoms with E-state index in [-0.39, 0.29) is 5.63 Å². The van der Waals surface area contributed by atoms with Gasteiger partial charge in [-0.2, -0.15) is 0 Å². The van der Waals surface area contributed by atoms with E-state index in [0.29, 0.717) is 11.3 Å². The van der Waals surface area contributed by atoms with E-state index >= 15 is 0 Å². The number of carbonyl (C=O) groups is 1. The molecule has 0 saturated heterocycles. The van der Waals surface area contributed by atoms with Gasteiger partial charge >= 0.3 is 11.6 Å². The highest BCUT2D eigenvalue weighted by molar-refractivity contribution is 5.83. The molecule has 0 bridgehead atoms. The fourth-order valence-corrected chi connectivity index (χ4v) is 2.75. The van der Waals surface area contributed by atoms with Crippen LogP contribution in [0.15, 0.2) is 27.4 Å². The molecule has 1 heterocycles. The van der Waals surface area contributed by atoms with Crippen LogP contribution in [0.4, 0.5) is 0 Å². The topological polar surface area (TPSA) is 76.7 Å². The summed E-state index contributed by atoms with van der Waals surface area (Å²) < 4.78 is 10.7. The molecule has 1 atom stereocenters. The number of fused-ring (bicyclic) bond motifs is 3. The zero-order valence-electron chi connectivity index (χ0n) is 11.7. The Morgan fingerprint density at radius 3 is 2.71 bits per heavy atom. The molecule has 0 aliphatic heterocycles. The first-order valence-corrected chi connectivity index (χ1v) is 7.04. The second kappa shape index (κ2) is 5.24. The van der Waals surface area contributed by atoms with Crippen LogP contribution in [-0.2, 0) is 17.6 Å². The summed E-state index contributed by atoms with van der Waals surface area (Å²) in [6, 6.07) is 5.15. The van der Waals surface area contributed by atoms with Crippen LogP contribution in [0.5, 0.6) is 5.75 Å². The molecular weight excluding hydrogens is 272 g/mol. The van der Waals surface area contributed by atoms with Gasteiger partial charge in [-0.3, -0.25) is 0 Å². The van der Waals surface area contributed by atoms with Crippen molar-refractivity contribution < 1.29 is 19.1 Å². The van der Waals surface area contributed by atoms with E-state index in [1.807, 2.05) is 6.07 Å². The van der Waals surface area contributed by atoms with Crippen molar-refractivity contribution in [2.24, 2.45) is 0 Å². The van der Waals surface area contributed by atoms with Gasteiger partial charge in [-0.05, 0) is 50.3 Å². The van der Waals surface area contributed by atoms with Crippen molar-refractivity contribution in [2.75, 3.05) is 0 Å². The predicted molar refractivity (Wildman–Crippen MR) is 76.9 cm³/mol. The van der Waals surface area contributed by atoms with Gasteiger partial charge in [-0.15, -0.1) is 0 Å². The number of aryl methyl sites for hydroxylation is 1. The summed E-state index contributed by atoms with van der Waals surface area (Å²) in [7, 11) is 0. The normalized spacial score (nSPS) is 15.5. The van der Waals surface area contributed by atoms with Crippen molar-refractivity contribution in [3.05, 3.63) is 39.7 Å². The second-order valence-corrected chi connectivity index (χ2v) is 5.31. The molecule has 1 aliphatic carbocycles. The van der Waals surface area contributed by atoms with Gasteiger partial charge in [0.2, 0.25) is 0 Å². The van der Waals surface area contributed by atoms with Crippen LogP contribution in [0, 0.1) is 0 Å². The van der Waals surface area contributed by atoms with E-state index in [1.165, 1.54) is 6.92 Å². The lowest BCUT2D eigenvalue weighted by molar-refractivity contribution is -0.144. The number of benzene rings is 1. The lowest BCUT2D eigenvalue weighted by Crippen LogP contribution is -2.22. The Morgan fingerprint density at radius 2 is 2.00 bits per heavy atom. The summed E-state index contributed by atoms with van der Waals surface area (Å²) in [5, 5.41) is 9.78. The number of carboxylic acid groups (broad SMARTS) is 1. The molecule has 0 fully saturated rings. The Kier molecular flexibility index (Phi) is 3.41. The Balaban J connectivity index is 2.07. The minimum Gasteiger partial charge on any atom is -0.479 e. The van der Waals surface area contributed by atoms with Crippen LogP contribution in [-0.4, -0.2) is 17.2 Å². The van der Waals surface area contributed by atoms with E-state index in [1.54, 1.807) is 12.1 Å². The van der Waals surface area contributed by atoms with E-state index in [9.17, 15) is 9.59 Å².